The molecule has 5 aliphatic rings. The van der Waals surface area contributed by atoms with Crippen LogP contribution in [0.3, 0.4) is 0 Å². The second-order valence-corrected chi connectivity index (χ2v) is 15.8. The molecule has 2 N–H and O–H groups in total. The average Bonchev–Trinajstić information content (AvgIpc) is 3.81. The van der Waals surface area contributed by atoms with Gasteiger partial charge in [-0.05, 0) is 55.2 Å². The summed E-state index contributed by atoms with van der Waals surface area (Å²) in [6.07, 6.45) is 4.65. The number of anilines is 1. The predicted octanol–water partition coefficient (Wildman–Crippen LogP) is 3.39. The zero-order chi connectivity index (χ0) is 40.6. The molecule has 59 heavy (non-hydrogen) atoms. The molecule has 4 aromatic rings. The lowest BCUT2D eigenvalue weighted by Gasteiger charge is -2.36. The van der Waals surface area contributed by atoms with Crippen LogP contribution in [0.5, 0.6) is 0 Å². The van der Waals surface area contributed by atoms with E-state index in [2.05, 4.69) is 50.1 Å². The van der Waals surface area contributed by atoms with E-state index in [1.807, 2.05) is 28.1 Å². The number of amides is 6. The molecule has 3 fully saturated rings. The number of carbonyl (C=O) groups is 5. The van der Waals surface area contributed by atoms with Crippen molar-refractivity contribution < 1.29 is 28.7 Å². The summed E-state index contributed by atoms with van der Waals surface area (Å²) >= 11 is 0. The fourth-order valence-corrected chi connectivity index (χ4v) is 9.06. The molecule has 7 heterocycles. The zero-order valence-electron chi connectivity index (χ0n) is 33.2. The average molecular weight is 798 g/mol. The summed E-state index contributed by atoms with van der Waals surface area (Å²) in [5.41, 5.74) is 6.93. The fourth-order valence-electron chi connectivity index (χ4n) is 9.06. The molecular formula is C44H47N9O6. The van der Waals surface area contributed by atoms with Crippen LogP contribution in [0.25, 0.3) is 22.2 Å². The van der Waals surface area contributed by atoms with Crippen LogP contribution < -0.4 is 15.5 Å². The van der Waals surface area contributed by atoms with E-state index in [4.69, 9.17) is 14.7 Å². The highest BCUT2D eigenvalue weighted by Gasteiger charge is 2.40. The number of urea groups is 1. The minimum absolute atomic E-state index is 0.0676. The molecule has 3 saturated heterocycles. The summed E-state index contributed by atoms with van der Waals surface area (Å²) in [6, 6.07) is 13.0. The summed E-state index contributed by atoms with van der Waals surface area (Å²) in [5, 5.41) is 6.34. The Bertz CT molecular complexity index is 2420. The molecule has 15 heteroatoms. The number of hydrogen-bond donors (Lipinski definition) is 2. The molecule has 0 aliphatic carbocycles. The monoisotopic (exact) mass is 797 g/mol. The number of ether oxygens (including phenoxy) is 1. The summed E-state index contributed by atoms with van der Waals surface area (Å²) in [7, 11) is 0. The number of hydrogen-bond acceptors (Lipinski definition) is 9. The van der Waals surface area contributed by atoms with Crippen LogP contribution in [-0.4, -0.2) is 117 Å². The molecule has 1 atom stereocenters. The second-order valence-electron chi connectivity index (χ2n) is 15.8. The van der Waals surface area contributed by atoms with E-state index < -0.39 is 11.9 Å². The molecule has 2 aromatic heterocycles. The molecule has 2 aromatic carbocycles. The van der Waals surface area contributed by atoms with Crippen LogP contribution in [0, 0.1) is 11.8 Å². The lowest BCUT2D eigenvalue weighted by Crippen LogP contribution is -2.52. The Morgan fingerprint density at radius 2 is 1.75 bits per heavy atom. The van der Waals surface area contributed by atoms with Crippen LogP contribution in [0.1, 0.15) is 77.9 Å². The maximum atomic E-state index is 13.1. The Morgan fingerprint density at radius 1 is 0.932 bits per heavy atom. The van der Waals surface area contributed by atoms with E-state index in [9.17, 15) is 24.0 Å². The SMILES string of the molecule is CC(=O)N1CCn2c(C3CCOCC3)nc(-c3ccnc4cc(N5CCN(C(=O)NCCC#Cc6cccc7c6CN(C6CCC(=O)NC6=O)C7=O)CC5)ccc34)c2C1. The van der Waals surface area contributed by atoms with E-state index in [-0.39, 0.29) is 36.7 Å². The topological polar surface area (TPSA) is 162 Å². The third-order valence-electron chi connectivity index (χ3n) is 12.3. The Balaban J connectivity index is 0.812. The normalized spacial score (nSPS) is 19.6. The maximum Gasteiger partial charge on any atom is 0.317 e. The Morgan fingerprint density at radius 3 is 2.54 bits per heavy atom. The van der Waals surface area contributed by atoms with Gasteiger partial charge >= 0.3 is 6.03 Å². The van der Waals surface area contributed by atoms with Crippen molar-refractivity contribution in [3.8, 4) is 23.1 Å². The minimum Gasteiger partial charge on any atom is -0.381 e. The van der Waals surface area contributed by atoms with Crippen molar-refractivity contribution in [3.63, 3.8) is 0 Å². The minimum atomic E-state index is -0.679. The van der Waals surface area contributed by atoms with E-state index in [0.717, 1.165) is 83.1 Å². The molecule has 0 spiro atoms. The number of pyridine rings is 1. The van der Waals surface area contributed by atoms with Crippen molar-refractivity contribution in [3.05, 3.63) is 76.9 Å². The van der Waals surface area contributed by atoms with Gasteiger partial charge in [0.25, 0.3) is 5.91 Å². The number of rotatable bonds is 6. The van der Waals surface area contributed by atoms with E-state index in [1.165, 1.54) is 4.90 Å². The van der Waals surface area contributed by atoms with Gasteiger partial charge in [0, 0.05) is 125 Å². The maximum absolute atomic E-state index is 13.1. The standard InChI is InChI=1S/C44H47N9O6/c1-28(54)51-21-22-52-38(27-51)40(48-41(52)30-13-23-59-24-14-30)33-12-16-45-36-25-31(8-9-32(33)36)49-17-19-50(20-18-49)44(58)46-15-3-2-5-29-6-4-7-34-35(29)26-53(43(34)57)37-10-11-39(55)47-42(37)56/h4,6-9,12,16,25,30,37H,3,10-11,13-15,17-24,26-27H2,1H3,(H,46,58)(H,47,55,56). The summed E-state index contributed by atoms with van der Waals surface area (Å²) < 4.78 is 8.00. The highest BCUT2D eigenvalue weighted by molar-refractivity contribution is 6.05. The smallest absolute Gasteiger partial charge is 0.317 e. The number of piperazine rings is 1. The molecule has 0 saturated carbocycles. The van der Waals surface area contributed by atoms with Gasteiger partial charge in [0.05, 0.1) is 23.4 Å². The van der Waals surface area contributed by atoms with Crippen molar-refractivity contribution in [1.82, 2.24) is 39.9 Å². The molecule has 5 aliphatic heterocycles. The Kier molecular flexibility index (Phi) is 10.5. The highest BCUT2D eigenvalue weighted by atomic mass is 16.5. The first-order valence-electron chi connectivity index (χ1n) is 20.6. The van der Waals surface area contributed by atoms with Gasteiger partial charge in [0.15, 0.2) is 0 Å². The van der Waals surface area contributed by atoms with Gasteiger partial charge in [-0.25, -0.2) is 9.78 Å². The molecule has 9 rings (SSSR count). The quantitative estimate of drug-likeness (QED) is 0.169. The van der Waals surface area contributed by atoms with Crippen LogP contribution in [0.15, 0.2) is 48.7 Å². The van der Waals surface area contributed by atoms with Crippen molar-refractivity contribution in [2.75, 3.05) is 57.4 Å². The first-order chi connectivity index (χ1) is 28.7. The van der Waals surface area contributed by atoms with Crippen LogP contribution >= 0.6 is 0 Å². The van der Waals surface area contributed by atoms with Crippen molar-refractivity contribution >= 4 is 46.3 Å². The number of aromatic nitrogens is 3. The van der Waals surface area contributed by atoms with E-state index >= 15 is 0 Å². The van der Waals surface area contributed by atoms with Crippen molar-refractivity contribution in [2.24, 2.45) is 0 Å². The summed E-state index contributed by atoms with van der Waals surface area (Å²) in [6.45, 7) is 8.17. The van der Waals surface area contributed by atoms with E-state index in [0.29, 0.717) is 70.1 Å². The third kappa shape index (κ3) is 7.49. The number of imidazole rings is 1. The molecule has 6 amide bonds. The van der Waals surface area contributed by atoms with Crippen LogP contribution in [0.4, 0.5) is 10.5 Å². The second kappa shape index (κ2) is 16.2. The number of imide groups is 1. The van der Waals surface area contributed by atoms with Gasteiger partial charge in [-0.3, -0.25) is 29.5 Å². The number of piperidine rings is 1. The molecule has 304 valence electrons. The van der Waals surface area contributed by atoms with Gasteiger partial charge in [0.1, 0.15) is 11.9 Å². The van der Waals surface area contributed by atoms with Gasteiger partial charge in [0.2, 0.25) is 17.7 Å². The number of fused-ring (bicyclic) bond motifs is 3. The van der Waals surface area contributed by atoms with Gasteiger partial charge in [-0.1, -0.05) is 24.0 Å². The first-order valence-corrected chi connectivity index (χ1v) is 20.6. The van der Waals surface area contributed by atoms with Gasteiger partial charge in [-0.2, -0.15) is 0 Å². The lowest BCUT2D eigenvalue weighted by atomic mass is 9.99. The highest BCUT2D eigenvalue weighted by Crippen LogP contribution is 2.38. The molecule has 1 unspecified atom stereocenters. The zero-order valence-corrected chi connectivity index (χ0v) is 33.2. The van der Waals surface area contributed by atoms with Gasteiger partial charge in [-0.15, -0.1) is 0 Å². The number of carbonyl (C=O) groups excluding carboxylic acids is 5. The number of benzene rings is 2. The largest absolute Gasteiger partial charge is 0.381 e. The van der Waals surface area contributed by atoms with E-state index in [1.54, 1.807) is 19.1 Å². The molecule has 0 radical (unpaired) electrons. The Labute approximate surface area is 342 Å². The molecule has 15 nitrogen and oxygen atoms in total. The molecular weight excluding hydrogens is 751 g/mol. The Hall–Kier alpha value is -6.27. The summed E-state index contributed by atoms with van der Waals surface area (Å²) in [4.78, 5) is 80.3. The molecule has 0 bridgehead atoms. The summed E-state index contributed by atoms with van der Waals surface area (Å²) in [5.74, 6) is 6.78. The number of nitrogens with one attached hydrogen (secondary N) is 2. The first kappa shape index (κ1) is 38.3. The third-order valence-corrected chi connectivity index (χ3v) is 12.3. The lowest BCUT2D eigenvalue weighted by molar-refractivity contribution is -0.137. The van der Waals surface area contributed by atoms with Crippen LogP contribution in [0.2, 0.25) is 0 Å². The number of nitrogens with zero attached hydrogens (tertiary/aromatic N) is 7. The van der Waals surface area contributed by atoms with Gasteiger partial charge < -0.3 is 34.2 Å². The predicted molar refractivity (Wildman–Crippen MR) is 218 cm³/mol. The fraction of sp³-hybridized carbons (Fsp3) is 0.432. The van der Waals surface area contributed by atoms with Crippen molar-refractivity contribution in [1.29, 1.82) is 0 Å². The van der Waals surface area contributed by atoms with Crippen LogP contribution in [-0.2, 0) is 38.8 Å². The van der Waals surface area contributed by atoms with Crippen molar-refractivity contribution in [2.45, 2.75) is 70.6 Å².